The Bertz CT molecular complexity index is 904. The first kappa shape index (κ1) is 21.4. The monoisotopic (exact) mass is 438 g/mol. The number of hydrogen-bond acceptors (Lipinski definition) is 4. The molecule has 0 N–H and O–H groups in total. The van der Waals surface area contributed by atoms with Crippen molar-refractivity contribution >= 4 is 29.1 Å². The lowest BCUT2D eigenvalue weighted by Crippen LogP contribution is -2.50. The fourth-order valence-corrected chi connectivity index (χ4v) is 5.29. The summed E-state index contributed by atoms with van der Waals surface area (Å²) in [6, 6.07) is 5.97. The van der Waals surface area contributed by atoms with Crippen LogP contribution in [0.25, 0.3) is 0 Å². The molecule has 2 saturated heterocycles. The van der Waals surface area contributed by atoms with Gasteiger partial charge in [-0.2, -0.15) is 0 Å². The third-order valence-corrected chi connectivity index (χ3v) is 7.45. The van der Waals surface area contributed by atoms with Crippen molar-refractivity contribution in [2.75, 3.05) is 55.6 Å². The van der Waals surface area contributed by atoms with Gasteiger partial charge >= 0.3 is 0 Å². The second kappa shape index (κ2) is 8.85. The molecule has 0 spiro atoms. The molecule has 0 radical (unpaired) electrons. The average molecular weight is 439 g/mol. The topological polar surface area (TPSA) is 64.2 Å². The Morgan fingerprint density at radius 3 is 2.50 bits per heavy atom. The molecule has 0 unspecified atom stereocenters. The number of carbonyl (C=O) groups is 3. The van der Waals surface area contributed by atoms with Crippen LogP contribution in [0.4, 0.5) is 11.4 Å². The van der Waals surface area contributed by atoms with Crippen molar-refractivity contribution in [1.29, 1.82) is 0 Å². The van der Waals surface area contributed by atoms with Crippen molar-refractivity contribution in [1.82, 2.24) is 9.80 Å². The Kier molecular flexibility index (Phi) is 5.93. The van der Waals surface area contributed by atoms with Crippen LogP contribution < -0.4 is 9.80 Å². The van der Waals surface area contributed by atoms with Crippen LogP contribution in [0.15, 0.2) is 18.2 Å². The number of carbonyl (C=O) groups excluding carboxylic acids is 3. The lowest BCUT2D eigenvalue weighted by Gasteiger charge is -2.35. The van der Waals surface area contributed by atoms with Gasteiger partial charge in [0.05, 0.1) is 5.92 Å². The fourth-order valence-electron chi connectivity index (χ4n) is 5.29. The Balaban J connectivity index is 1.21. The maximum Gasteiger partial charge on any atom is 0.230 e. The van der Waals surface area contributed by atoms with E-state index in [0.717, 1.165) is 75.5 Å². The predicted octanol–water partition coefficient (Wildman–Crippen LogP) is 2.28. The van der Waals surface area contributed by atoms with Gasteiger partial charge in [0.1, 0.15) is 0 Å². The zero-order chi connectivity index (χ0) is 22.2. The van der Waals surface area contributed by atoms with Gasteiger partial charge in [0.15, 0.2) is 0 Å². The zero-order valence-corrected chi connectivity index (χ0v) is 19.1. The largest absolute Gasteiger partial charge is 0.340 e. The summed E-state index contributed by atoms with van der Waals surface area (Å²) >= 11 is 0. The molecule has 1 aromatic rings. The molecular formula is C25H34N4O3. The van der Waals surface area contributed by atoms with Crippen LogP contribution in [-0.4, -0.2) is 73.3 Å². The summed E-state index contributed by atoms with van der Waals surface area (Å²) in [6.07, 6.45) is 5.53. The summed E-state index contributed by atoms with van der Waals surface area (Å²) < 4.78 is 0. The first-order valence-electron chi connectivity index (χ1n) is 12.3. The number of benzene rings is 1. The smallest absolute Gasteiger partial charge is 0.230 e. The van der Waals surface area contributed by atoms with Crippen molar-refractivity contribution in [2.24, 2.45) is 11.8 Å². The highest BCUT2D eigenvalue weighted by Gasteiger charge is 2.39. The second-order valence-electron chi connectivity index (χ2n) is 9.75. The number of unbranched alkanes of at least 4 members (excludes halogenated alkanes) is 1. The summed E-state index contributed by atoms with van der Waals surface area (Å²) in [5, 5.41) is 0. The van der Waals surface area contributed by atoms with E-state index in [4.69, 9.17) is 0 Å². The van der Waals surface area contributed by atoms with E-state index in [1.54, 1.807) is 4.90 Å². The molecule has 1 atom stereocenters. The van der Waals surface area contributed by atoms with Crippen molar-refractivity contribution in [3.05, 3.63) is 23.8 Å². The minimum absolute atomic E-state index is 0.0220. The van der Waals surface area contributed by atoms with Gasteiger partial charge in [-0.3, -0.25) is 19.3 Å². The Hall–Kier alpha value is -2.41. The van der Waals surface area contributed by atoms with E-state index >= 15 is 0 Å². The molecule has 1 aromatic carbocycles. The second-order valence-corrected chi connectivity index (χ2v) is 9.75. The van der Waals surface area contributed by atoms with Crippen molar-refractivity contribution in [2.45, 2.75) is 45.4 Å². The SMILES string of the molecule is CCCCN1CCN(C(=O)[C@@H]2CC(=O)N(c3ccc4c(c3)CCN4C(=O)C3CC3)C2)CC1. The summed E-state index contributed by atoms with van der Waals surface area (Å²) in [4.78, 5) is 46.5. The molecule has 1 aliphatic carbocycles. The maximum absolute atomic E-state index is 13.1. The third kappa shape index (κ3) is 4.15. The lowest BCUT2D eigenvalue weighted by molar-refractivity contribution is -0.137. The number of nitrogens with zero attached hydrogens (tertiary/aromatic N) is 4. The van der Waals surface area contributed by atoms with Gasteiger partial charge in [0, 0.05) is 63.0 Å². The van der Waals surface area contributed by atoms with Gasteiger partial charge < -0.3 is 14.7 Å². The lowest BCUT2D eigenvalue weighted by atomic mass is 10.1. The predicted molar refractivity (Wildman–Crippen MR) is 124 cm³/mol. The quantitative estimate of drug-likeness (QED) is 0.684. The fraction of sp³-hybridized carbons (Fsp3) is 0.640. The molecule has 7 heteroatoms. The molecule has 7 nitrogen and oxygen atoms in total. The van der Waals surface area contributed by atoms with E-state index in [1.807, 2.05) is 28.0 Å². The number of piperazine rings is 1. The molecule has 172 valence electrons. The van der Waals surface area contributed by atoms with E-state index in [2.05, 4.69) is 11.8 Å². The molecular weight excluding hydrogens is 404 g/mol. The van der Waals surface area contributed by atoms with Crippen molar-refractivity contribution in [3.8, 4) is 0 Å². The number of hydrogen-bond donors (Lipinski definition) is 0. The van der Waals surface area contributed by atoms with E-state index in [0.29, 0.717) is 6.54 Å². The highest BCUT2D eigenvalue weighted by Crippen LogP contribution is 2.38. The number of anilines is 2. The molecule has 3 heterocycles. The number of rotatable bonds is 6. The van der Waals surface area contributed by atoms with Crippen molar-refractivity contribution < 1.29 is 14.4 Å². The van der Waals surface area contributed by atoms with E-state index in [1.165, 1.54) is 12.8 Å². The summed E-state index contributed by atoms with van der Waals surface area (Å²) in [7, 11) is 0. The molecule has 5 rings (SSSR count). The van der Waals surface area contributed by atoms with E-state index in [9.17, 15) is 14.4 Å². The Labute approximate surface area is 190 Å². The Morgan fingerprint density at radius 2 is 1.78 bits per heavy atom. The van der Waals surface area contributed by atoms with Crippen molar-refractivity contribution in [3.63, 3.8) is 0 Å². The number of amides is 3. The number of fused-ring (bicyclic) bond motifs is 1. The van der Waals surface area contributed by atoms with Crippen LogP contribution in [0, 0.1) is 11.8 Å². The molecule has 32 heavy (non-hydrogen) atoms. The third-order valence-electron chi connectivity index (χ3n) is 7.45. The molecule has 3 fully saturated rings. The normalized spacial score (nSPS) is 23.7. The van der Waals surface area contributed by atoms with Gasteiger partial charge in [-0.1, -0.05) is 13.3 Å². The van der Waals surface area contributed by atoms with Crippen LogP contribution in [0.5, 0.6) is 0 Å². The molecule has 3 aliphatic heterocycles. The minimum Gasteiger partial charge on any atom is -0.340 e. The maximum atomic E-state index is 13.1. The van der Waals surface area contributed by atoms with Crippen LogP contribution in [0.2, 0.25) is 0 Å². The molecule has 4 aliphatic rings. The molecule has 0 bridgehead atoms. The zero-order valence-electron chi connectivity index (χ0n) is 19.1. The Morgan fingerprint density at radius 1 is 1.00 bits per heavy atom. The van der Waals surface area contributed by atoms with Gasteiger partial charge in [-0.05, 0) is 56.0 Å². The first-order chi connectivity index (χ1) is 15.5. The summed E-state index contributed by atoms with van der Waals surface area (Å²) in [5.41, 5.74) is 2.97. The summed E-state index contributed by atoms with van der Waals surface area (Å²) in [5.74, 6) is 0.341. The highest BCUT2D eigenvalue weighted by molar-refractivity contribution is 6.02. The van der Waals surface area contributed by atoms with E-state index < -0.39 is 0 Å². The molecule has 1 saturated carbocycles. The van der Waals surface area contributed by atoms with Crippen LogP contribution in [0.1, 0.15) is 44.6 Å². The van der Waals surface area contributed by atoms with Crippen LogP contribution in [0.3, 0.4) is 0 Å². The highest BCUT2D eigenvalue weighted by atomic mass is 16.2. The molecule has 0 aromatic heterocycles. The minimum atomic E-state index is -0.258. The molecule has 3 amide bonds. The average Bonchev–Trinajstić information content (AvgIpc) is 3.47. The van der Waals surface area contributed by atoms with Gasteiger partial charge in [0.2, 0.25) is 17.7 Å². The van der Waals surface area contributed by atoms with Crippen LogP contribution in [-0.2, 0) is 20.8 Å². The van der Waals surface area contributed by atoms with Gasteiger partial charge in [-0.15, -0.1) is 0 Å². The van der Waals surface area contributed by atoms with E-state index in [-0.39, 0.29) is 36.0 Å². The summed E-state index contributed by atoms with van der Waals surface area (Å²) in [6.45, 7) is 7.87. The van der Waals surface area contributed by atoms with Crippen LogP contribution >= 0.6 is 0 Å². The first-order valence-corrected chi connectivity index (χ1v) is 12.3. The standard InChI is InChI=1S/C25H34N4O3/c1-2-3-9-26-11-13-27(14-12-26)24(31)20-16-23(30)29(17-20)21-6-7-22-19(15-21)8-10-28(22)25(32)18-4-5-18/h6-7,15,18,20H,2-5,8-14,16-17H2,1H3/t20-/m1/s1. The van der Waals surface area contributed by atoms with Gasteiger partial charge in [0.25, 0.3) is 0 Å². The van der Waals surface area contributed by atoms with Gasteiger partial charge in [-0.25, -0.2) is 0 Å².